The summed E-state index contributed by atoms with van der Waals surface area (Å²) in [5.74, 6) is -1.87. The summed E-state index contributed by atoms with van der Waals surface area (Å²) in [4.78, 5) is 12.8. The number of aliphatic hydroxyl groups is 2. The van der Waals surface area contributed by atoms with Crippen LogP contribution in [0.4, 0.5) is 0 Å². The summed E-state index contributed by atoms with van der Waals surface area (Å²) < 4.78 is 22.9. The van der Waals surface area contributed by atoms with E-state index in [1.54, 1.807) is 20.3 Å². The summed E-state index contributed by atoms with van der Waals surface area (Å²) in [5.41, 5.74) is 0.746. The molecule has 4 aliphatic rings. The van der Waals surface area contributed by atoms with Gasteiger partial charge in [0.05, 0.1) is 25.4 Å². The molecule has 6 atom stereocenters. The molecule has 7 heteroatoms. The molecule has 0 radical (unpaired) electrons. The van der Waals surface area contributed by atoms with E-state index < -0.39 is 34.8 Å². The lowest BCUT2D eigenvalue weighted by Gasteiger charge is -2.52. The fraction of sp³-hybridized carbons (Fsp3) is 0.550. The predicted molar refractivity (Wildman–Crippen MR) is 91.2 cm³/mol. The van der Waals surface area contributed by atoms with Crippen molar-refractivity contribution in [1.82, 2.24) is 0 Å². The van der Waals surface area contributed by atoms with Gasteiger partial charge in [0.25, 0.3) is 0 Å². The van der Waals surface area contributed by atoms with E-state index in [1.165, 1.54) is 0 Å². The molecule has 2 aliphatic heterocycles. The minimum atomic E-state index is -1.78. The number of ether oxygens (including phenoxy) is 3. The Hall–Kier alpha value is -2.09. The summed E-state index contributed by atoms with van der Waals surface area (Å²) in [5, 5.41) is 22.8. The third-order valence-electron chi connectivity index (χ3n) is 7.42. The Labute approximate surface area is 154 Å². The summed E-state index contributed by atoms with van der Waals surface area (Å²) in [6.45, 7) is 1.89. The second kappa shape index (κ2) is 4.48. The summed E-state index contributed by atoms with van der Waals surface area (Å²) in [6.07, 6.45) is 0.601. The number of methoxy groups -OCH3 is 1. The highest BCUT2D eigenvalue weighted by molar-refractivity contribution is 5.90. The first kappa shape index (κ1) is 15.9. The first-order valence-corrected chi connectivity index (χ1v) is 9.18. The fourth-order valence-electron chi connectivity index (χ4n) is 6.38. The molecule has 1 saturated carbocycles. The van der Waals surface area contributed by atoms with Crippen molar-refractivity contribution < 1.29 is 33.6 Å². The zero-order chi connectivity index (χ0) is 18.8. The number of aliphatic hydroxyl groups excluding tert-OH is 1. The lowest BCUT2D eigenvalue weighted by Crippen LogP contribution is -2.65. The molecule has 1 spiro atoms. The third kappa shape index (κ3) is 1.52. The molecule has 2 aliphatic carbocycles. The van der Waals surface area contributed by atoms with E-state index in [2.05, 4.69) is 0 Å². The van der Waals surface area contributed by atoms with Crippen LogP contribution in [0, 0.1) is 11.3 Å². The third-order valence-corrected chi connectivity index (χ3v) is 7.42. The zero-order valence-electron chi connectivity index (χ0n) is 15.0. The molecule has 2 N–H and O–H groups in total. The van der Waals surface area contributed by atoms with Gasteiger partial charge in [-0.15, -0.1) is 0 Å². The Morgan fingerprint density at radius 1 is 1.37 bits per heavy atom. The molecule has 0 amide bonds. The predicted octanol–water partition coefficient (Wildman–Crippen LogP) is 1.27. The smallest absolute Gasteiger partial charge is 0.315 e. The van der Waals surface area contributed by atoms with Crippen LogP contribution < -0.4 is 4.74 Å². The maximum Gasteiger partial charge on any atom is 0.315 e. The number of benzene rings is 1. The number of esters is 1. The van der Waals surface area contributed by atoms with E-state index in [-0.39, 0.29) is 18.9 Å². The Kier molecular flexibility index (Phi) is 2.64. The van der Waals surface area contributed by atoms with E-state index in [0.717, 1.165) is 16.5 Å². The van der Waals surface area contributed by atoms with Crippen molar-refractivity contribution in [3.63, 3.8) is 0 Å². The molecule has 2 aromatic rings. The molecule has 0 unspecified atom stereocenters. The van der Waals surface area contributed by atoms with Gasteiger partial charge in [0.2, 0.25) is 0 Å². The highest BCUT2D eigenvalue weighted by atomic mass is 16.6. The molecule has 142 valence electrons. The standard InChI is InChI=1S/C20H20O7/c1-18-15-13(27-17(18)22)5-10-11(6-12(24-2)9-3-4-25-14(9)10)19(15)7-20(23,16(18)21)26-8-19/h3-4,6,13,15-16,21,23H,5,7-8H2,1-2H3/t13-,15+,16+,18-,19+,20-/m1/s1. The molecule has 1 aromatic heterocycles. The first-order chi connectivity index (χ1) is 12.8. The van der Waals surface area contributed by atoms with Crippen molar-refractivity contribution >= 4 is 16.9 Å². The molecule has 2 saturated heterocycles. The fourth-order valence-corrected chi connectivity index (χ4v) is 6.38. The van der Waals surface area contributed by atoms with Crippen molar-refractivity contribution in [3.05, 3.63) is 29.5 Å². The minimum absolute atomic E-state index is 0.205. The van der Waals surface area contributed by atoms with Crippen molar-refractivity contribution in [2.45, 2.75) is 43.2 Å². The Morgan fingerprint density at radius 3 is 2.96 bits per heavy atom. The van der Waals surface area contributed by atoms with Crippen LogP contribution in [0.5, 0.6) is 5.75 Å². The Balaban J connectivity index is 1.70. The van der Waals surface area contributed by atoms with Gasteiger partial charge in [-0.05, 0) is 24.6 Å². The molecule has 3 fully saturated rings. The van der Waals surface area contributed by atoms with Crippen LogP contribution in [0.15, 0.2) is 22.8 Å². The number of rotatable bonds is 1. The Morgan fingerprint density at radius 2 is 2.19 bits per heavy atom. The second-order valence-electron chi connectivity index (χ2n) is 8.55. The molecule has 27 heavy (non-hydrogen) atoms. The maximum absolute atomic E-state index is 12.8. The number of carbonyl (C=O) groups excluding carboxylic acids is 1. The van der Waals surface area contributed by atoms with Gasteiger partial charge in [-0.1, -0.05) is 0 Å². The van der Waals surface area contributed by atoms with Crippen molar-refractivity contribution in [3.8, 4) is 5.75 Å². The molecule has 7 nitrogen and oxygen atoms in total. The summed E-state index contributed by atoms with van der Waals surface area (Å²) in [6, 6.07) is 3.83. The van der Waals surface area contributed by atoms with Gasteiger partial charge in [0.1, 0.15) is 29.0 Å². The van der Waals surface area contributed by atoms with Crippen LogP contribution in [0.1, 0.15) is 24.5 Å². The van der Waals surface area contributed by atoms with Crippen molar-refractivity contribution in [2.75, 3.05) is 13.7 Å². The van der Waals surface area contributed by atoms with E-state index in [4.69, 9.17) is 18.6 Å². The minimum Gasteiger partial charge on any atom is -0.496 e. The van der Waals surface area contributed by atoms with Gasteiger partial charge < -0.3 is 28.8 Å². The van der Waals surface area contributed by atoms with Gasteiger partial charge in [0.15, 0.2) is 5.79 Å². The largest absolute Gasteiger partial charge is 0.496 e. The number of hydrogen-bond acceptors (Lipinski definition) is 7. The lowest BCUT2D eigenvalue weighted by atomic mass is 9.48. The van der Waals surface area contributed by atoms with E-state index >= 15 is 0 Å². The monoisotopic (exact) mass is 372 g/mol. The summed E-state index contributed by atoms with van der Waals surface area (Å²) in [7, 11) is 1.61. The van der Waals surface area contributed by atoms with E-state index in [0.29, 0.717) is 17.8 Å². The quantitative estimate of drug-likeness (QED) is 0.728. The van der Waals surface area contributed by atoms with Crippen LogP contribution in [0.3, 0.4) is 0 Å². The topological polar surface area (TPSA) is 98.4 Å². The Bertz CT molecular complexity index is 1010. The average Bonchev–Trinajstić information content (AvgIpc) is 3.31. The normalized spacial score (nSPS) is 44.1. The average molecular weight is 372 g/mol. The number of furan rings is 1. The number of hydrogen-bond donors (Lipinski definition) is 2. The molecule has 3 heterocycles. The van der Waals surface area contributed by atoms with Crippen LogP contribution in [0.2, 0.25) is 0 Å². The van der Waals surface area contributed by atoms with Crippen molar-refractivity contribution in [1.29, 1.82) is 0 Å². The van der Waals surface area contributed by atoms with E-state index in [9.17, 15) is 15.0 Å². The maximum atomic E-state index is 12.8. The summed E-state index contributed by atoms with van der Waals surface area (Å²) >= 11 is 0. The molecular weight excluding hydrogens is 352 g/mol. The van der Waals surface area contributed by atoms with Gasteiger partial charge in [-0.25, -0.2) is 0 Å². The SMILES string of the molecule is COc1cc2c(c3occc13)C[C@H]1OC(=O)[C@]3(C)[C@H]1[C@@]21CO[C@](O)(C1)[C@H]3O. The van der Waals surface area contributed by atoms with Crippen LogP contribution in [0.25, 0.3) is 11.0 Å². The van der Waals surface area contributed by atoms with Crippen LogP contribution in [-0.2, 0) is 26.1 Å². The lowest BCUT2D eigenvalue weighted by molar-refractivity contribution is -0.263. The molecular formula is C20H20O7. The van der Waals surface area contributed by atoms with Gasteiger partial charge in [0, 0.05) is 29.7 Å². The highest BCUT2D eigenvalue weighted by Gasteiger charge is 2.78. The molecule has 2 bridgehead atoms. The molecule has 6 rings (SSSR count). The first-order valence-electron chi connectivity index (χ1n) is 9.18. The van der Waals surface area contributed by atoms with Crippen LogP contribution >= 0.6 is 0 Å². The number of fused-ring (bicyclic) bond motifs is 4. The van der Waals surface area contributed by atoms with Crippen LogP contribution in [-0.4, -0.2) is 47.9 Å². The van der Waals surface area contributed by atoms with E-state index in [1.807, 2.05) is 12.1 Å². The van der Waals surface area contributed by atoms with Gasteiger partial charge >= 0.3 is 5.97 Å². The number of carbonyl (C=O) groups is 1. The van der Waals surface area contributed by atoms with Gasteiger partial charge in [-0.2, -0.15) is 0 Å². The zero-order valence-corrected chi connectivity index (χ0v) is 15.0. The van der Waals surface area contributed by atoms with Crippen molar-refractivity contribution in [2.24, 2.45) is 11.3 Å². The van der Waals surface area contributed by atoms with Gasteiger partial charge in [-0.3, -0.25) is 4.79 Å². The molecule has 1 aromatic carbocycles. The highest BCUT2D eigenvalue weighted by Crippen LogP contribution is 2.67. The second-order valence-corrected chi connectivity index (χ2v) is 8.55.